The zero-order valence-electron chi connectivity index (χ0n) is 11.4. The maximum Gasteiger partial charge on any atom is 0.242 e. The molecule has 3 rings (SSSR count). The van der Waals surface area contributed by atoms with Gasteiger partial charge in [0.2, 0.25) is 5.91 Å². The van der Waals surface area contributed by atoms with Crippen molar-refractivity contribution in [2.24, 2.45) is 0 Å². The highest BCUT2D eigenvalue weighted by Gasteiger charge is 2.33. The van der Waals surface area contributed by atoms with Crippen LogP contribution in [-0.4, -0.2) is 54.8 Å². The van der Waals surface area contributed by atoms with Gasteiger partial charge in [0.25, 0.3) is 0 Å². The van der Waals surface area contributed by atoms with Crippen molar-refractivity contribution < 1.29 is 13.2 Å². The van der Waals surface area contributed by atoms with Crippen molar-refractivity contribution in [3.05, 3.63) is 22.3 Å². The molecule has 0 bridgehead atoms. The molecule has 0 radical (unpaired) electrons. The average molecular weight is 374 g/mol. The van der Waals surface area contributed by atoms with Crippen molar-refractivity contribution in [3.8, 4) is 0 Å². The van der Waals surface area contributed by atoms with E-state index in [1.54, 1.807) is 6.20 Å². The minimum atomic E-state index is -2.93. The standard InChI is InChI=1S/C13H16BrN3O3S/c14-10-7-9-1-2-11(13(18)16-12(9)15-8-10)17-3-5-21(19,20)6-4-17/h7-8,11H,1-6H2,(H,15,16,18). The highest BCUT2D eigenvalue weighted by atomic mass is 79.9. The van der Waals surface area contributed by atoms with Crippen LogP contribution in [0.2, 0.25) is 0 Å². The predicted molar refractivity (Wildman–Crippen MR) is 82.9 cm³/mol. The van der Waals surface area contributed by atoms with Gasteiger partial charge in [-0.25, -0.2) is 13.4 Å². The van der Waals surface area contributed by atoms with Gasteiger partial charge in [-0.1, -0.05) is 0 Å². The SMILES string of the molecule is O=C1Nc2ncc(Br)cc2CCC1N1CCS(=O)(=O)CC1. The second kappa shape index (κ2) is 5.66. The first kappa shape index (κ1) is 14.9. The second-order valence-electron chi connectivity index (χ2n) is 5.39. The minimum absolute atomic E-state index is 0.0946. The first-order chi connectivity index (χ1) is 9.94. The lowest BCUT2D eigenvalue weighted by Crippen LogP contribution is -2.50. The van der Waals surface area contributed by atoms with Gasteiger partial charge >= 0.3 is 0 Å². The Balaban J connectivity index is 1.77. The Morgan fingerprint density at radius 1 is 1.33 bits per heavy atom. The van der Waals surface area contributed by atoms with E-state index in [4.69, 9.17) is 0 Å². The zero-order valence-corrected chi connectivity index (χ0v) is 13.8. The van der Waals surface area contributed by atoms with Gasteiger partial charge in [0, 0.05) is 23.8 Å². The number of carbonyl (C=O) groups excluding carboxylic acids is 1. The number of aryl methyl sites for hydroxylation is 1. The normalized spacial score (nSPS) is 25.8. The monoisotopic (exact) mass is 373 g/mol. The van der Waals surface area contributed by atoms with E-state index in [0.29, 0.717) is 25.3 Å². The number of aromatic nitrogens is 1. The summed E-state index contributed by atoms with van der Waals surface area (Å²) < 4.78 is 23.9. The van der Waals surface area contributed by atoms with Gasteiger partial charge in [-0.15, -0.1) is 0 Å². The van der Waals surface area contributed by atoms with E-state index in [-0.39, 0.29) is 23.5 Å². The molecule has 8 heteroatoms. The van der Waals surface area contributed by atoms with Gasteiger partial charge in [-0.2, -0.15) is 0 Å². The second-order valence-corrected chi connectivity index (χ2v) is 8.61. The third-order valence-corrected chi connectivity index (χ3v) is 6.03. The summed E-state index contributed by atoms with van der Waals surface area (Å²) in [5.41, 5.74) is 1.00. The van der Waals surface area contributed by atoms with Gasteiger partial charge in [0.05, 0.1) is 17.5 Å². The Kier molecular flexibility index (Phi) is 4.02. The van der Waals surface area contributed by atoms with Crippen molar-refractivity contribution in [1.82, 2.24) is 9.88 Å². The Labute approximate surface area is 132 Å². The van der Waals surface area contributed by atoms with E-state index < -0.39 is 9.84 Å². The first-order valence-electron chi connectivity index (χ1n) is 6.84. The Morgan fingerprint density at radius 3 is 2.76 bits per heavy atom. The molecular formula is C13H16BrN3O3S. The number of anilines is 1. The molecule has 114 valence electrons. The number of fused-ring (bicyclic) bond motifs is 1. The summed E-state index contributed by atoms with van der Waals surface area (Å²) in [6, 6.07) is 1.68. The van der Waals surface area contributed by atoms with Crippen molar-refractivity contribution >= 4 is 37.5 Å². The van der Waals surface area contributed by atoms with Gasteiger partial charge in [0.1, 0.15) is 5.82 Å². The topological polar surface area (TPSA) is 79.4 Å². The fourth-order valence-electron chi connectivity index (χ4n) is 2.79. The molecule has 1 N–H and O–H groups in total. The highest BCUT2D eigenvalue weighted by Crippen LogP contribution is 2.25. The summed E-state index contributed by atoms with van der Waals surface area (Å²) in [6.45, 7) is 0.849. The van der Waals surface area contributed by atoms with Crippen LogP contribution in [0.5, 0.6) is 0 Å². The lowest BCUT2D eigenvalue weighted by Gasteiger charge is -2.32. The third kappa shape index (κ3) is 3.27. The summed E-state index contributed by atoms with van der Waals surface area (Å²) in [4.78, 5) is 18.6. The minimum Gasteiger partial charge on any atom is -0.309 e. The molecule has 1 aromatic heterocycles. The molecule has 3 heterocycles. The zero-order chi connectivity index (χ0) is 15.0. The molecule has 21 heavy (non-hydrogen) atoms. The number of halogens is 1. The van der Waals surface area contributed by atoms with E-state index >= 15 is 0 Å². The van der Waals surface area contributed by atoms with Gasteiger partial charge in [-0.3, -0.25) is 9.69 Å². The van der Waals surface area contributed by atoms with Crippen LogP contribution in [0.3, 0.4) is 0 Å². The molecular weight excluding hydrogens is 358 g/mol. The number of pyridine rings is 1. The molecule has 0 aromatic carbocycles. The molecule has 2 aliphatic heterocycles. The smallest absolute Gasteiger partial charge is 0.242 e. The molecule has 1 unspecified atom stereocenters. The Morgan fingerprint density at radius 2 is 2.05 bits per heavy atom. The molecule has 1 saturated heterocycles. The number of rotatable bonds is 1. The van der Waals surface area contributed by atoms with Crippen LogP contribution >= 0.6 is 15.9 Å². The molecule has 1 fully saturated rings. The number of carbonyl (C=O) groups is 1. The summed E-state index contributed by atoms with van der Waals surface area (Å²) in [5.74, 6) is 0.777. The predicted octanol–water partition coefficient (Wildman–Crippen LogP) is 0.828. The maximum atomic E-state index is 12.4. The van der Waals surface area contributed by atoms with E-state index in [2.05, 4.69) is 26.2 Å². The number of hydrogen-bond donors (Lipinski definition) is 1. The van der Waals surface area contributed by atoms with Crippen molar-refractivity contribution in [2.75, 3.05) is 29.9 Å². The fourth-order valence-corrected chi connectivity index (χ4v) is 4.40. The van der Waals surface area contributed by atoms with E-state index in [1.165, 1.54) is 0 Å². The van der Waals surface area contributed by atoms with Crippen molar-refractivity contribution in [1.29, 1.82) is 0 Å². The summed E-state index contributed by atoms with van der Waals surface area (Å²) in [6.07, 6.45) is 3.08. The fraction of sp³-hybridized carbons (Fsp3) is 0.538. The highest BCUT2D eigenvalue weighted by molar-refractivity contribution is 9.10. The molecule has 0 spiro atoms. The molecule has 1 aromatic rings. The largest absolute Gasteiger partial charge is 0.309 e. The lowest BCUT2D eigenvalue weighted by atomic mass is 10.1. The van der Waals surface area contributed by atoms with Crippen LogP contribution in [-0.2, 0) is 21.1 Å². The first-order valence-corrected chi connectivity index (χ1v) is 9.46. The molecule has 1 amide bonds. The number of amides is 1. The van der Waals surface area contributed by atoms with Crippen LogP contribution in [0.1, 0.15) is 12.0 Å². The average Bonchev–Trinajstić information content (AvgIpc) is 2.58. The van der Waals surface area contributed by atoms with Gasteiger partial charge in [-0.05, 0) is 40.4 Å². The summed E-state index contributed by atoms with van der Waals surface area (Å²) >= 11 is 3.38. The Hall–Kier alpha value is -0.990. The van der Waals surface area contributed by atoms with Crippen LogP contribution < -0.4 is 5.32 Å². The van der Waals surface area contributed by atoms with Crippen molar-refractivity contribution in [2.45, 2.75) is 18.9 Å². The van der Waals surface area contributed by atoms with Crippen molar-refractivity contribution in [3.63, 3.8) is 0 Å². The molecule has 1 atom stereocenters. The Bertz CT molecular complexity index is 663. The van der Waals surface area contributed by atoms with Crippen LogP contribution in [0, 0.1) is 0 Å². The van der Waals surface area contributed by atoms with E-state index in [0.717, 1.165) is 16.5 Å². The van der Waals surface area contributed by atoms with Gasteiger partial charge < -0.3 is 5.32 Å². The van der Waals surface area contributed by atoms with Crippen LogP contribution in [0.4, 0.5) is 5.82 Å². The third-order valence-electron chi connectivity index (χ3n) is 3.98. The summed E-state index contributed by atoms with van der Waals surface area (Å²) in [7, 11) is -2.93. The number of nitrogens with zero attached hydrogens (tertiary/aromatic N) is 2. The molecule has 0 aliphatic carbocycles. The molecule has 6 nitrogen and oxygen atoms in total. The van der Waals surface area contributed by atoms with E-state index in [9.17, 15) is 13.2 Å². The van der Waals surface area contributed by atoms with Gasteiger partial charge in [0.15, 0.2) is 9.84 Å². The number of sulfone groups is 1. The molecule has 0 saturated carbocycles. The van der Waals surface area contributed by atoms with Crippen LogP contribution in [0.15, 0.2) is 16.7 Å². The quantitative estimate of drug-likeness (QED) is 0.788. The van der Waals surface area contributed by atoms with Crippen LogP contribution in [0.25, 0.3) is 0 Å². The molecule has 2 aliphatic rings. The summed E-state index contributed by atoms with van der Waals surface area (Å²) in [5, 5.41) is 2.86. The van der Waals surface area contributed by atoms with E-state index in [1.807, 2.05) is 11.0 Å². The number of hydrogen-bond acceptors (Lipinski definition) is 5. The maximum absolute atomic E-state index is 12.4. The lowest BCUT2D eigenvalue weighted by molar-refractivity contribution is -0.121. The number of nitrogens with one attached hydrogen (secondary N) is 1.